The maximum atomic E-state index is 13.8. The van der Waals surface area contributed by atoms with Crippen molar-refractivity contribution in [3.63, 3.8) is 0 Å². The highest BCUT2D eigenvalue weighted by Crippen LogP contribution is 2.31. The molecule has 2 N–H and O–H groups in total. The Kier molecular flexibility index (Phi) is 7.11. The van der Waals surface area contributed by atoms with Crippen LogP contribution in [0.5, 0.6) is 17.2 Å². The third-order valence-electron chi connectivity index (χ3n) is 6.56. The zero-order valence-electron chi connectivity index (χ0n) is 21.6. The predicted molar refractivity (Wildman–Crippen MR) is 150 cm³/mol. The number of fused-ring (bicyclic) bond motifs is 1. The summed E-state index contributed by atoms with van der Waals surface area (Å²) in [4.78, 5) is 18.7. The summed E-state index contributed by atoms with van der Waals surface area (Å²) in [7, 11) is 4.84. The van der Waals surface area contributed by atoms with E-state index >= 15 is 0 Å². The first-order valence-electron chi connectivity index (χ1n) is 12.2. The van der Waals surface area contributed by atoms with Crippen molar-refractivity contribution < 1.29 is 14.2 Å². The van der Waals surface area contributed by atoms with Crippen LogP contribution >= 0.6 is 0 Å². The lowest BCUT2D eigenvalue weighted by molar-refractivity contribution is 0.394. The number of benzene rings is 4. The van der Waals surface area contributed by atoms with Gasteiger partial charge in [0.15, 0.2) is 0 Å². The van der Waals surface area contributed by atoms with E-state index in [1.807, 2.05) is 78.9 Å². The number of rotatable bonds is 8. The van der Waals surface area contributed by atoms with Gasteiger partial charge in [-0.05, 0) is 52.6 Å². The first-order valence-corrected chi connectivity index (χ1v) is 12.2. The maximum Gasteiger partial charge on any atom is 0.262 e. The van der Waals surface area contributed by atoms with E-state index in [-0.39, 0.29) is 5.56 Å². The molecule has 4 aromatic carbocycles. The van der Waals surface area contributed by atoms with Crippen LogP contribution < -0.4 is 25.5 Å². The van der Waals surface area contributed by atoms with Gasteiger partial charge in [0.2, 0.25) is 0 Å². The van der Waals surface area contributed by atoms with Crippen LogP contribution in [-0.2, 0) is 13.1 Å². The maximum absolute atomic E-state index is 13.8. The highest BCUT2D eigenvalue weighted by molar-refractivity contribution is 5.81. The third kappa shape index (κ3) is 4.96. The summed E-state index contributed by atoms with van der Waals surface area (Å²) >= 11 is 0. The summed E-state index contributed by atoms with van der Waals surface area (Å²) in [6.45, 7) is 0.788. The second-order valence-corrected chi connectivity index (χ2v) is 8.91. The van der Waals surface area contributed by atoms with Crippen LogP contribution in [0.25, 0.3) is 33.4 Å². The molecule has 1 heterocycles. The van der Waals surface area contributed by atoms with Gasteiger partial charge < -0.3 is 19.9 Å². The molecular weight excluding hydrogens is 478 g/mol. The van der Waals surface area contributed by atoms with Gasteiger partial charge >= 0.3 is 0 Å². The second-order valence-electron chi connectivity index (χ2n) is 8.91. The summed E-state index contributed by atoms with van der Waals surface area (Å²) < 4.78 is 17.9. The number of aromatic nitrogens is 2. The molecule has 0 amide bonds. The Bertz CT molecular complexity index is 1640. The highest BCUT2D eigenvalue weighted by atomic mass is 16.5. The molecule has 0 unspecified atom stereocenters. The van der Waals surface area contributed by atoms with Crippen LogP contribution in [0, 0.1) is 0 Å². The van der Waals surface area contributed by atoms with Gasteiger partial charge in [-0.1, -0.05) is 48.5 Å². The van der Waals surface area contributed by atoms with Crippen molar-refractivity contribution in [1.82, 2.24) is 9.55 Å². The summed E-state index contributed by atoms with van der Waals surface area (Å²) in [5.41, 5.74) is 11.1. The molecule has 38 heavy (non-hydrogen) atoms. The van der Waals surface area contributed by atoms with Crippen LogP contribution in [0.15, 0.2) is 89.7 Å². The molecule has 0 bridgehead atoms. The second kappa shape index (κ2) is 10.8. The van der Waals surface area contributed by atoms with Crippen molar-refractivity contribution in [2.24, 2.45) is 5.73 Å². The molecule has 192 valence electrons. The molecule has 7 heteroatoms. The van der Waals surface area contributed by atoms with Crippen molar-refractivity contribution >= 4 is 10.9 Å². The average molecular weight is 508 g/mol. The average Bonchev–Trinajstić information content (AvgIpc) is 2.98. The van der Waals surface area contributed by atoms with E-state index in [0.29, 0.717) is 47.1 Å². The van der Waals surface area contributed by atoms with E-state index in [1.54, 1.807) is 32.0 Å². The van der Waals surface area contributed by atoms with Gasteiger partial charge in [0, 0.05) is 18.2 Å². The molecule has 5 aromatic rings. The highest BCUT2D eigenvalue weighted by Gasteiger charge is 2.15. The molecule has 0 saturated heterocycles. The normalized spacial score (nSPS) is 10.9. The molecule has 0 aliphatic carbocycles. The Labute approximate surface area is 221 Å². The lowest BCUT2D eigenvalue weighted by atomic mass is 10.0. The fraction of sp³-hybridized carbons (Fsp3) is 0.161. The number of nitrogens with two attached hydrogens (primary N) is 1. The van der Waals surface area contributed by atoms with Gasteiger partial charge in [0.1, 0.15) is 23.1 Å². The van der Waals surface area contributed by atoms with E-state index in [1.165, 1.54) is 0 Å². The fourth-order valence-electron chi connectivity index (χ4n) is 4.52. The van der Waals surface area contributed by atoms with Crippen LogP contribution in [-0.4, -0.2) is 30.9 Å². The first-order chi connectivity index (χ1) is 18.5. The van der Waals surface area contributed by atoms with Crippen LogP contribution in [0.4, 0.5) is 0 Å². The standard InChI is InChI=1S/C31H29N3O4/c1-36-25-11-12-29-28(17-25)31(35)34(19-21-6-4-5-20(13-21)18-32)30(33-29)23-9-7-22(8-10-23)24-14-26(37-2)16-27(15-24)38-3/h4-17H,18-19,32H2,1-3H3. The van der Waals surface area contributed by atoms with Gasteiger partial charge in [0.25, 0.3) is 5.56 Å². The summed E-state index contributed by atoms with van der Waals surface area (Å²) in [5, 5.41) is 0.503. The molecular formula is C31H29N3O4. The van der Waals surface area contributed by atoms with Gasteiger partial charge in [-0.25, -0.2) is 4.98 Å². The quantitative estimate of drug-likeness (QED) is 0.308. The van der Waals surface area contributed by atoms with E-state index in [4.69, 9.17) is 24.9 Å². The number of methoxy groups -OCH3 is 3. The van der Waals surface area contributed by atoms with E-state index in [2.05, 4.69) is 0 Å². The summed E-state index contributed by atoms with van der Waals surface area (Å²) in [6, 6.07) is 27.0. The van der Waals surface area contributed by atoms with Gasteiger partial charge in [-0.15, -0.1) is 0 Å². The predicted octanol–water partition coefficient (Wildman–Crippen LogP) is 5.26. The van der Waals surface area contributed by atoms with Crippen molar-refractivity contribution in [3.8, 4) is 39.8 Å². The lowest BCUT2D eigenvalue weighted by Gasteiger charge is -2.15. The smallest absolute Gasteiger partial charge is 0.262 e. The summed E-state index contributed by atoms with van der Waals surface area (Å²) in [6.07, 6.45) is 0. The Balaban J connectivity index is 1.63. The number of hydrogen-bond donors (Lipinski definition) is 1. The minimum Gasteiger partial charge on any atom is -0.497 e. The van der Waals surface area contributed by atoms with E-state index in [0.717, 1.165) is 27.8 Å². The van der Waals surface area contributed by atoms with Gasteiger partial charge in [0.05, 0.1) is 38.8 Å². The van der Waals surface area contributed by atoms with Crippen molar-refractivity contribution in [1.29, 1.82) is 0 Å². The molecule has 0 spiro atoms. The topological polar surface area (TPSA) is 88.6 Å². The molecule has 1 aromatic heterocycles. The zero-order chi connectivity index (χ0) is 26.6. The Morgan fingerprint density at radius 2 is 1.37 bits per heavy atom. The lowest BCUT2D eigenvalue weighted by Crippen LogP contribution is -2.24. The molecule has 0 radical (unpaired) electrons. The Morgan fingerprint density at radius 1 is 0.711 bits per heavy atom. The largest absolute Gasteiger partial charge is 0.497 e. The zero-order valence-corrected chi connectivity index (χ0v) is 21.6. The van der Waals surface area contributed by atoms with Crippen molar-refractivity contribution in [2.75, 3.05) is 21.3 Å². The van der Waals surface area contributed by atoms with Crippen LogP contribution in [0.2, 0.25) is 0 Å². The Hall–Kier alpha value is -4.62. The molecule has 0 atom stereocenters. The fourth-order valence-corrected chi connectivity index (χ4v) is 4.52. The van der Waals surface area contributed by atoms with Gasteiger partial charge in [-0.2, -0.15) is 0 Å². The number of hydrogen-bond acceptors (Lipinski definition) is 6. The monoisotopic (exact) mass is 507 g/mol. The first kappa shape index (κ1) is 25.0. The van der Waals surface area contributed by atoms with Crippen LogP contribution in [0.1, 0.15) is 11.1 Å². The number of nitrogens with zero attached hydrogens (tertiary/aromatic N) is 2. The molecule has 0 fully saturated rings. The molecule has 0 aliphatic heterocycles. The van der Waals surface area contributed by atoms with E-state index in [9.17, 15) is 4.79 Å². The molecule has 7 nitrogen and oxygen atoms in total. The molecule has 0 aliphatic rings. The van der Waals surface area contributed by atoms with Crippen molar-refractivity contribution in [3.05, 3.63) is 106 Å². The van der Waals surface area contributed by atoms with Crippen LogP contribution in [0.3, 0.4) is 0 Å². The van der Waals surface area contributed by atoms with Gasteiger partial charge in [-0.3, -0.25) is 9.36 Å². The summed E-state index contributed by atoms with van der Waals surface area (Å²) in [5.74, 6) is 2.62. The SMILES string of the molecule is COc1cc(OC)cc(-c2ccc(-c3nc4ccc(OC)cc4c(=O)n3Cc3cccc(CN)c3)cc2)c1. The minimum atomic E-state index is -0.135. The molecule has 0 saturated carbocycles. The minimum absolute atomic E-state index is 0.135. The van der Waals surface area contributed by atoms with Crippen molar-refractivity contribution in [2.45, 2.75) is 13.1 Å². The van der Waals surface area contributed by atoms with E-state index < -0.39 is 0 Å². The number of ether oxygens (including phenoxy) is 3. The Morgan fingerprint density at radius 3 is 2.03 bits per heavy atom. The third-order valence-corrected chi connectivity index (χ3v) is 6.56. The molecule has 5 rings (SSSR count).